The first-order valence-corrected chi connectivity index (χ1v) is 5.36. The summed E-state index contributed by atoms with van der Waals surface area (Å²) in [6.07, 6.45) is 0.298. The second-order valence-corrected chi connectivity index (χ2v) is 3.62. The molecule has 0 fully saturated rings. The fourth-order valence-corrected chi connectivity index (χ4v) is 1.45. The Bertz CT molecular complexity index is 461. The van der Waals surface area contributed by atoms with E-state index in [-0.39, 0.29) is 11.3 Å². The second kappa shape index (κ2) is 6.00. The number of anilines is 1. The predicted molar refractivity (Wildman–Crippen MR) is 63.1 cm³/mol. The van der Waals surface area contributed by atoms with Crippen LogP contribution in [0.15, 0.2) is 18.2 Å². The Balaban J connectivity index is 3.09. The summed E-state index contributed by atoms with van der Waals surface area (Å²) in [5.41, 5.74) is 0.203. The molecule has 0 saturated heterocycles. The van der Waals surface area contributed by atoms with E-state index in [1.165, 1.54) is 13.2 Å². The molecule has 0 aliphatic carbocycles. The molecule has 98 valence electrons. The third kappa shape index (κ3) is 3.19. The average molecular weight is 255 g/mol. The maximum Gasteiger partial charge on any atom is 0.339 e. The number of carbonyl (C=O) groups is 2. The van der Waals surface area contributed by atoms with E-state index in [0.29, 0.717) is 6.42 Å². The van der Waals surface area contributed by atoms with Crippen molar-refractivity contribution in [3.05, 3.63) is 29.6 Å². The van der Waals surface area contributed by atoms with E-state index in [0.717, 1.165) is 12.1 Å². The van der Waals surface area contributed by atoms with Crippen molar-refractivity contribution >= 4 is 17.6 Å². The number of nitrogens with one attached hydrogen (secondary N) is 1. The summed E-state index contributed by atoms with van der Waals surface area (Å²) < 4.78 is 17.7. The van der Waals surface area contributed by atoms with Crippen molar-refractivity contribution in [3.63, 3.8) is 0 Å². The number of ether oxygens (including phenoxy) is 1. The molecule has 0 aliphatic heterocycles. The van der Waals surface area contributed by atoms with Gasteiger partial charge >= 0.3 is 11.9 Å². The molecule has 6 heteroatoms. The molecule has 1 atom stereocenters. The normalized spacial score (nSPS) is 11.7. The molecular weight excluding hydrogens is 241 g/mol. The van der Waals surface area contributed by atoms with Crippen molar-refractivity contribution in [2.24, 2.45) is 0 Å². The van der Waals surface area contributed by atoms with Crippen LogP contribution < -0.4 is 5.32 Å². The second-order valence-electron chi connectivity index (χ2n) is 3.62. The molecule has 1 unspecified atom stereocenters. The van der Waals surface area contributed by atoms with Crippen molar-refractivity contribution in [2.45, 2.75) is 19.4 Å². The van der Waals surface area contributed by atoms with Crippen LogP contribution in [-0.2, 0) is 9.53 Å². The number of carbonyl (C=O) groups excluding carboxylic acids is 1. The van der Waals surface area contributed by atoms with Gasteiger partial charge in [-0.1, -0.05) is 6.92 Å². The number of carboxylic acid groups (broad SMARTS) is 1. The zero-order chi connectivity index (χ0) is 13.7. The number of methoxy groups -OCH3 is 1. The lowest BCUT2D eigenvalue weighted by atomic mass is 10.1. The molecule has 18 heavy (non-hydrogen) atoms. The maximum atomic E-state index is 13.1. The van der Waals surface area contributed by atoms with Crippen LogP contribution >= 0.6 is 0 Å². The lowest BCUT2D eigenvalue weighted by Crippen LogP contribution is -2.29. The fraction of sp³-hybridized carbons (Fsp3) is 0.333. The standard InChI is InChI=1S/C12H14FNO4/c1-3-9(11(15)16)14-10-6-7(13)4-5-8(10)12(17)18-2/h4-6,9,14H,3H2,1-2H3,(H,15,16). The van der Waals surface area contributed by atoms with Crippen LogP contribution in [0.25, 0.3) is 0 Å². The molecule has 0 amide bonds. The van der Waals surface area contributed by atoms with Crippen LogP contribution in [-0.4, -0.2) is 30.2 Å². The highest BCUT2D eigenvalue weighted by Gasteiger charge is 2.19. The number of esters is 1. The quantitative estimate of drug-likeness (QED) is 0.786. The molecule has 1 aromatic rings. The third-order valence-electron chi connectivity index (χ3n) is 2.42. The fourth-order valence-electron chi connectivity index (χ4n) is 1.45. The van der Waals surface area contributed by atoms with Gasteiger partial charge in [0.1, 0.15) is 11.9 Å². The van der Waals surface area contributed by atoms with Gasteiger partial charge in [0.05, 0.1) is 18.4 Å². The van der Waals surface area contributed by atoms with Gasteiger partial charge in [0.25, 0.3) is 0 Å². The summed E-state index contributed by atoms with van der Waals surface area (Å²) in [4.78, 5) is 22.4. The highest BCUT2D eigenvalue weighted by atomic mass is 19.1. The Morgan fingerprint density at radius 3 is 2.67 bits per heavy atom. The van der Waals surface area contributed by atoms with Gasteiger partial charge in [0.15, 0.2) is 0 Å². The number of hydrogen-bond donors (Lipinski definition) is 2. The molecule has 0 aromatic heterocycles. The van der Waals surface area contributed by atoms with Crippen molar-refractivity contribution in [1.29, 1.82) is 0 Å². The molecular formula is C12H14FNO4. The van der Waals surface area contributed by atoms with Crippen LogP contribution in [0.3, 0.4) is 0 Å². The molecule has 0 aliphatic rings. The predicted octanol–water partition coefficient (Wildman–Crippen LogP) is 1.89. The van der Waals surface area contributed by atoms with E-state index in [2.05, 4.69) is 10.1 Å². The van der Waals surface area contributed by atoms with E-state index >= 15 is 0 Å². The first kappa shape index (κ1) is 14.0. The average Bonchev–Trinajstić information content (AvgIpc) is 2.34. The summed E-state index contributed by atoms with van der Waals surface area (Å²) >= 11 is 0. The molecule has 0 heterocycles. The number of aliphatic carboxylic acids is 1. The Morgan fingerprint density at radius 1 is 1.50 bits per heavy atom. The summed E-state index contributed by atoms with van der Waals surface area (Å²) in [7, 11) is 1.20. The number of halogens is 1. The van der Waals surface area contributed by atoms with Crippen LogP contribution in [0.1, 0.15) is 23.7 Å². The Kier molecular flexibility index (Phi) is 4.65. The molecule has 2 N–H and O–H groups in total. The van der Waals surface area contributed by atoms with Gasteiger partial charge in [-0.25, -0.2) is 14.0 Å². The Labute approximate surface area is 104 Å². The summed E-state index contributed by atoms with van der Waals surface area (Å²) in [6, 6.07) is 2.53. The van der Waals surface area contributed by atoms with Crippen LogP contribution in [0.4, 0.5) is 10.1 Å². The van der Waals surface area contributed by atoms with E-state index in [4.69, 9.17) is 5.11 Å². The van der Waals surface area contributed by atoms with E-state index in [1.54, 1.807) is 6.92 Å². The summed E-state index contributed by atoms with van der Waals surface area (Å²) in [6.45, 7) is 1.67. The van der Waals surface area contributed by atoms with Crippen LogP contribution in [0, 0.1) is 5.82 Å². The Hall–Kier alpha value is -2.11. The number of benzene rings is 1. The van der Waals surface area contributed by atoms with Gasteiger partial charge in [0, 0.05) is 0 Å². The number of hydrogen-bond acceptors (Lipinski definition) is 4. The van der Waals surface area contributed by atoms with Gasteiger partial charge in [-0.2, -0.15) is 0 Å². The SMILES string of the molecule is CCC(Nc1cc(F)ccc1C(=O)OC)C(=O)O. The zero-order valence-electron chi connectivity index (χ0n) is 10.1. The minimum absolute atomic E-state index is 0.0959. The number of rotatable bonds is 5. The zero-order valence-corrected chi connectivity index (χ0v) is 10.1. The monoisotopic (exact) mass is 255 g/mol. The third-order valence-corrected chi connectivity index (χ3v) is 2.42. The Morgan fingerprint density at radius 2 is 2.17 bits per heavy atom. The molecule has 1 aromatic carbocycles. The summed E-state index contributed by atoms with van der Waals surface area (Å²) in [5, 5.41) is 11.5. The molecule has 1 rings (SSSR count). The largest absolute Gasteiger partial charge is 0.480 e. The molecule has 0 bridgehead atoms. The lowest BCUT2D eigenvalue weighted by molar-refractivity contribution is -0.137. The van der Waals surface area contributed by atoms with E-state index in [1.807, 2.05) is 0 Å². The van der Waals surface area contributed by atoms with Gasteiger partial charge in [-0.15, -0.1) is 0 Å². The smallest absolute Gasteiger partial charge is 0.339 e. The maximum absolute atomic E-state index is 13.1. The molecule has 0 spiro atoms. The van der Waals surface area contributed by atoms with Crippen LogP contribution in [0.2, 0.25) is 0 Å². The van der Waals surface area contributed by atoms with Crippen molar-refractivity contribution in [2.75, 3.05) is 12.4 Å². The summed E-state index contributed by atoms with van der Waals surface area (Å²) in [5.74, 6) is -2.29. The van der Waals surface area contributed by atoms with Gasteiger partial charge in [-0.3, -0.25) is 0 Å². The first-order chi connectivity index (χ1) is 8.49. The molecule has 0 saturated carbocycles. The van der Waals surface area contributed by atoms with Gasteiger partial charge in [0.2, 0.25) is 0 Å². The number of carboxylic acids is 1. The molecule has 0 radical (unpaired) electrons. The minimum Gasteiger partial charge on any atom is -0.480 e. The van der Waals surface area contributed by atoms with Crippen LogP contribution in [0.5, 0.6) is 0 Å². The highest BCUT2D eigenvalue weighted by molar-refractivity contribution is 5.96. The van der Waals surface area contributed by atoms with E-state index in [9.17, 15) is 14.0 Å². The lowest BCUT2D eigenvalue weighted by Gasteiger charge is -2.16. The van der Waals surface area contributed by atoms with Crippen molar-refractivity contribution in [1.82, 2.24) is 0 Å². The van der Waals surface area contributed by atoms with Crippen molar-refractivity contribution < 1.29 is 23.8 Å². The highest BCUT2D eigenvalue weighted by Crippen LogP contribution is 2.19. The minimum atomic E-state index is -1.07. The van der Waals surface area contributed by atoms with Gasteiger partial charge in [-0.05, 0) is 24.6 Å². The van der Waals surface area contributed by atoms with E-state index < -0.39 is 23.8 Å². The first-order valence-electron chi connectivity index (χ1n) is 5.36. The topological polar surface area (TPSA) is 75.6 Å². The van der Waals surface area contributed by atoms with Gasteiger partial charge < -0.3 is 15.2 Å². The van der Waals surface area contributed by atoms with Crippen molar-refractivity contribution in [3.8, 4) is 0 Å². The molecule has 5 nitrogen and oxygen atoms in total.